The van der Waals surface area contributed by atoms with Gasteiger partial charge in [0.25, 0.3) is 0 Å². The average molecular weight is 344 g/mol. The number of fused-ring (bicyclic) bond motifs is 1. The molecule has 0 saturated heterocycles. The Balaban J connectivity index is 1.71. The van der Waals surface area contributed by atoms with Crippen molar-refractivity contribution in [3.05, 3.63) is 77.9 Å². The third kappa shape index (κ3) is 4.16. The zero-order valence-corrected chi connectivity index (χ0v) is 14.8. The molecule has 3 aromatic rings. The van der Waals surface area contributed by atoms with E-state index in [1.807, 2.05) is 44.4 Å². The number of carboxylic acid groups (broad SMARTS) is 1. The van der Waals surface area contributed by atoms with Crippen LogP contribution in [-0.4, -0.2) is 31.4 Å². The Morgan fingerprint density at radius 3 is 2.35 bits per heavy atom. The second-order valence-electron chi connectivity index (χ2n) is 6.17. The van der Waals surface area contributed by atoms with Crippen LogP contribution in [0.25, 0.3) is 16.8 Å². The fourth-order valence-electron chi connectivity index (χ4n) is 2.61. The molecule has 26 heavy (non-hydrogen) atoms. The van der Waals surface area contributed by atoms with E-state index in [4.69, 9.17) is 5.11 Å². The lowest BCUT2D eigenvalue weighted by molar-refractivity contribution is 0.0697. The summed E-state index contributed by atoms with van der Waals surface area (Å²) in [5.74, 6) is -0.919. The number of aliphatic imine (C=N–C) groups is 1. The van der Waals surface area contributed by atoms with Crippen molar-refractivity contribution in [2.45, 2.75) is 0 Å². The van der Waals surface area contributed by atoms with Crippen LogP contribution in [0, 0.1) is 0 Å². The summed E-state index contributed by atoms with van der Waals surface area (Å²) in [7, 11) is 4.03. The van der Waals surface area contributed by atoms with Gasteiger partial charge in [-0.3, -0.25) is 4.99 Å². The van der Waals surface area contributed by atoms with E-state index in [0.29, 0.717) is 0 Å². The minimum atomic E-state index is -0.919. The number of benzene rings is 3. The third-order valence-corrected chi connectivity index (χ3v) is 4.08. The average Bonchev–Trinajstić information content (AvgIpc) is 2.65. The highest BCUT2D eigenvalue weighted by atomic mass is 16.4. The lowest BCUT2D eigenvalue weighted by atomic mass is 10.1. The first-order valence-electron chi connectivity index (χ1n) is 8.28. The van der Waals surface area contributed by atoms with Gasteiger partial charge in [0.05, 0.1) is 11.3 Å². The number of hydrogen-bond acceptors (Lipinski definition) is 3. The van der Waals surface area contributed by atoms with Crippen molar-refractivity contribution in [3.63, 3.8) is 0 Å². The first kappa shape index (κ1) is 17.4. The summed E-state index contributed by atoms with van der Waals surface area (Å²) in [5, 5.41) is 10.9. The SMILES string of the molecule is CN(C)c1ccc(C=CC=Nc2ccc3cc(C(=O)O)ccc3c2)cc1. The van der Waals surface area contributed by atoms with Crippen molar-refractivity contribution >= 4 is 40.4 Å². The molecule has 0 atom stereocenters. The fraction of sp³-hybridized carbons (Fsp3) is 0.0909. The van der Waals surface area contributed by atoms with Gasteiger partial charge in [0, 0.05) is 26.0 Å². The number of rotatable bonds is 5. The Hall–Kier alpha value is -3.40. The number of anilines is 1. The maximum Gasteiger partial charge on any atom is 0.335 e. The minimum Gasteiger partial charge on any atom is -0.478 e. The normalized spacial score (nSPS) is 11.5. The van der Waals surface area contributed by atoms with Crippen LogP contribution in [-0.2, 0) is 0 Å². The Morgan fingerprint density at radius 2 is 1.65 bits per heavy atom. The Bertz CT molecular complexity index is 987. The molecule has 0 aliphatic heterocycles. The molecular formula is C22H20N2O2. The van der Waals surface area contributed by atoms with E-state index in [-0.39, 0.29) is 5.56 Å². The van der Waals surface area contributed by atoms with Gasteiger partial charge >= 0.3 is 5.97 Å². The summed E-state index contributed by atoms with van der Waals surface area (Å²) in [6.45, 7) is 0. The zero-order valence-electron chi connectivity index (χ0n) is 14.8. The van der Waals surface area contributed by atoms with Crippen LogP contribution < -0.4 is 4.90 Å². The quantitative estimate of drug-likeness (QED) is 0.661. The topological polar surface area (TPSA) is 52.9 Å². The largest absolute Gasteiger partial charge is 0.478 e. The first-order valence-corrected chi connectivity index (χ1v) is 8.28. The van der Waals surface area contributed by atoms with Crippen molar-refractivity contribution in [3.8, 4) is 0 Å². The molecule has 0 spiro atoms. The van der Waals surface area contributed by atoms with Gasteiger partial charge in [0.2, 0.25) is 0 Å². The van der Waals surface area contributed by atoms with Crippen LogP contribution in [0.5, 0.6) is 0 Å². The first-order chi connectivity index (χ1) is 12.5. The van der Waals surface area contributed by atoms with E-state index < -0.39 is 5.97 Å². The maximum absolute atomic E-state index is 11.0. The van der Waals surface area contributed by atoms with Gasteiger partial charge in [0.1, 0.15) is 0 Å². The van der Waals surface area contributed by atoms with Crippen molar-refractivity contribution in [2.24, 2.45) is 4.99 Å². The summed E-state index contributed by atoms with van der Waals surface area (Å²) >= 11 is 0. The van der Waals surface area contributed by atoms with Gasteiger partial charge < -0.3 is 10.0 Å². The minimum absolute atomic E-state index is 0.289. The van der Waals surface area contributed by atoms with Crippen LogP contribution in [0.15, 0.2) is 71.7 Å². The monoisotopic (exact) mass is 344 g/mol. The van der Waals surface area contributed by atoms with Crippen LogP contribution in [0.1, 0.15) is 15.9 Å². The molecule has 4 nitrogen and oxygen atoms in total. The molecule has 3 rings (SSSR count). The lowest BCUT2D eigenvalue weighted by Crippen LogP contribution is -2.07. The fourth-order valence-corrected chi connectivity index (χ4v) is 2.61. The molecule has 0 bridgehead atoms. The summed E-state index contributed by atoms with van der Waals surface area (Å²) in [6, 6.07) is 19.1. The van der Waals surface area contributed by atoms with Gasteiger partial charge in [-0.05, 0) is 58.8 Å². The molecule has 0 saturated carbocycles. The second kappa shape index (κ2) is 7.66. The van der Waals surface area contributed by atoms with Gasteiger partial charge in [-0.25, -0.2) is 4.79 Å². The van der Waals surface area contributed by atoms with Crippen molar-refractivity contribution in [1.29, 1.82) is 0 Å². The molecule has 0 radical (unpaired) electrons. The van der Waals surface area contributed by atoms with E-state index in [0.717, 1.165) is 27.7 Å². The predicted octanol–water partition coefficient (Wildman–Crippen LogP) is 5.02. The Kier molecular flexibility index (Phi) is 5.13. The van der Waals surface area contributed by atoms with Gasteiger partial charge in [-0.2, -0.15) is 0 Å². The predicted molar refractivity (Wildman–Crippen MR) is 109 cm³/mol. The standard InChI is InChI=1S/C22H20N2O2/c1-24(2)21-11-5-16(6-12-21)4-3-13-23-20-10-9-17-14-19(22(25)26)8-7-18(17)15-20/h3-15H,1-2H3,(H,25,26). The third-order valence-electron chi connectivity index (χ3n) is 4.08. The zero-order chi connectivity index (χ0) is 18.5. The van der Waals surface area contributed by atoms with E-state index in [1.54, 1.807) is 24.4 Å². The highest BCUT2D eigenvalue weighted by molar-refractivity contribution is 5.95. The molecule has 3 aromatic carbocycles. The molecule has 0 unspecified atom stereocenters. The Morgan fingerprint density at radius 1 is 0.962 bits per heavy atom. The second-order valence-corrected chi connectivity index (χ2v) is 6.17. The van der Waals surface area contributed by atoms with E-state index in [9.17, 15) is 4.79 Å². The van der Waals surface area contributed by atoms with Crippen molar-refractivity contribution < 1.29 is 9.90 Å². The highest BCUT2D eigenvalue weighted by Crippen LogP contribution is 2.22. The molecule has 0 aliphatic rings. The molecule has 0 aliphatic carbocycles. The molecule has 0 heterocycles. The van der Waals surface area contributed by atoms with E-state index in [1.165, 1.54) is 0 Å². The lowest BCUT2D eigenvalue weighted by Gasteiger charge is -2.11. The van der Waals surface area contributed by atoms with Crippen LogP contribution >= 0.6 is 0 Å². The van der Waals surface area contributed by atoms with Gasteiger partial charge in [-0.1, -0.05) is 30.3 Å². The number of hydrogen-bond donors (Lipinski definition) is 1. The van der Waals surface area contributed by atoms with E-state index >= 15 is 0 Å². The summed E-state index contributed by atoms with van der Waals surface area (Å²) in [6.07, 6.45) is 5.66. The summed E-state index contributed by atoms with van der Waals surface area (Å²) in [5.41, 5.74) is 3.39. The molecule has 4 heteroatoms. The number of aromatic carboxylic acids is 1. The van der Waals surface area contributed by atoms with Crippen molar-refractivity contribution in [2.75, 3.05) is 19.0 Å². The molecule has 130 valence electrons. The van der Waals surface area contributed by atoms with Crippen LogP contribution in [0.3, 0.4) is 0 Å². The van der Waals surface area contributed by atoms with Crippen LogP contribution in [0.2, 0.25) is 0 Å². The Labute approximate surface area is 152 Å². The molecule has 0 fully saturated rings. The molecule has 0 aromatic heterocycles. The van der Waals surface area contributed by atoms with Gasteiger partial charge in [0.15, 0.2) is 0 Å². The molecule has 1 N–H and O–H groups in total. The number of nitrogens with zero attached hydrogens (tertiary/aromatic N) is 2. The highest BCUT2D eigenvalue weighted by Gasteiger charge is 2.03. The molecular weight excluding hydrogens is 324 g/mol. The summed E-state index contributed by atoms with van der Waals surface area (Å²) in [4.78, 5) is 17.5. The smallest absolute Gasteiger partial charge is 0.335 e. The number of carboxylic acids is 1. The maximum atomic E-state index is 11.0. The van der Waals surface area contributed by atoms with Crippen LogP contribution in [0.4, 0.5) is 11.4 Å². The number of allylic oxidation sites excluding steroid dienone is 1. The van der Waals surface area contributed by atoms with Crippen molar-refractivity contribution in [1.82, 2.24) is 0 Å². The van der Waals surface area contributed by atoms with E-state index in [2.05, 4.69) is 34.2 Å². The van der Waals surface area contributed by atoms with Gasteiger partial charge in [-0.15, -0.1) is 0 Å². The summed E-state index contributed by atoms with van der Waals surface area (Å²) < 4.78 is 0. The molecule has 0 amide bonds. The number of carbonyl (C=O) groups is 1.